The zero-order valence-corrected chi connectivity index (χ0v) is 18.3. The Morgan fingerprint density at radius 3 is 1.81 bits per heavy atom. The number of phenols is 2. The smallest absolute Gasteiger partial charge is 0.119 e. The van der Waals surface area contributed by atoms with Gasteiger partial charge in [0.15, 0.2) is 0 Å². The van der Waals surface area contributed by atoms with Gasteiger partial charge in [0.05, 0.1) is 0 Å². The van der Waals surface area contributed by atoms with E-state index in [-0.39, 0.29) is 17.3 Å². The average Bonchev–Trinajstić information content (AvgIpc) is 2.52. The average molecular weight is 369 g/mol. The van der Waals surface area contributed by atoms with Crippen LogP contribution in [0.3, 0.4) is 0 Å². The summed E-state index contributed by atoms with van der Waals surface area (Å²) in [6.07, 6.45) is 2.12. The summed E-state index contributed by atoms with van der Waals surface area (Å²) < 4.78 is 0. The highest BCUT2D eigenvalue weighted by Crippen LogP contribution is 2.41. The first-order valence-electron chi connectivity index (χ1n) is 10.1. The van der Waals surface area contributed by atoms with Crippen LogP contribution in [0.1, 0.15) is 99.6 Å². The molecule has 0 heterocycles. The summed E-state index contributed by atoms with van der Waals surface area (Å²) in [6, 6.07) is 8.22. The molecule has 0 aliphatic rings. The molecule has 2 aromatic rings. The monoisotopic (exact) mass is 368 g/mol. The Balaban J connectivity index is 2.71. The van der Waals surface area contributed by atoms with Crippen LogP contribution in [-0.4, -0.2) is 10.2 Å². The molecule has 148 valence electrons. The minimum atomic E-state index is -0.115. The van der Waals surface area contributed by atoms with Gasteiger partial charge in [-0.1, -0.05) is 60.1 Å². The lowest BCUT2D eigenvalue weighted by Crippen LogP contribution is -2.14. The lowest BCUT2D eigenvalue weighted by atomic mass is 9.78. The molecule has 27 heavy (non-hydrogen) atoms. The van der Waals surface area contributed by atoms with E-state index in [0.717, 1.165) is 35.1 Å². The predicted octanol–water partition coefficient (Wildman–Crippen LogP) is 7.07. The first-order chi connectivity index (χ1) is 12.5. The molecule has 1 unspecified atom stereocenters. The molecule has 2 nitrogen and oxygen atoms in total. The van der Waals surface area contributed by atoms with E-state index in [1.807, 2.05) is 12.1 Å². The fourth-order valence-corrected chi connectivity index (χ4v) is 4.02. The van der Waals surface area contributed by atoms with E-state index < -0.39 is 0 Å². The molecule has 1 atom stereocenters. The van der Waals surface area contributed by atoms with Crippen LogP contribution in [0.2, 0.25) is 0 Å². The summed E-state index contributed by atoms with van der Waals surface area (Å²) >= 11 is 0. The summed E-state index contributed by atoms with van der Waals surface area (Å²) in [5, 5.41) is 20.9. The van der Waals surface area contributed by atoms with E-state index in [9.17, 15) is 10.2 Å². The zero-order valence-electron chi connectivity index (χ0n) is 18.3. The second-order valence-corrected chi connectivity index (χ2v) is 9.24. The van der Waals surface area contributed by atoms with Crippen LogP contribution < -0.4 is 0 Å². The molecule has 2 aromatic carbocycles. The number of aromatic hydroxyl groups is 2. The lowest BCUT2D eigenvalue weighted by molar-refractivity contribution is 0.445. The molecule has 0 radical (unpaired) electrons. The number of phenolic OH excluding ortho intramolecular Hbond substituents is 2. The summed E-state index contributed by atoms with van der Waals surface area (Å²) in [5.41, 5.74) is 6.69. The Hall–Kier alpha value is -1.96. The second kappa shape index (κ2) is 7.96. The number of hydrogen-bond acceptors (Lipinski definition) is 2. The van der Waals surface area contributed by atoms with Crippen molar-refractivity contribution < 1.29 is 10.2 Å². The maximum absolute atomic E-state index is 10.5. The molecule has 0 fully saturated rings. The summed E-state index contributed by atoms with van der Waals surface area (Å²) in [6.45, 7) is 17.0. The van der Waals surface area contributed by atoms with Crippen LogP contribution in [0.5, 0.6) is 11.5 Å². The molecule has 2 heteroatoms. The Morgan fingerprint density at radius 2 is 1.33 bits per heavy atom. The Labute approximate surface area is 165 Å². The number of aryl methyl sites for hydroxylation is 2. The maximum atomic E-state index is 10.5. The standard InChI is InChI=1S/C25H36O2/c1-9-10-18(20-13-19(15(2)3)23(26)11-16(20)4)21-14-22(25(6,7)8)24(27)12-17(21)5/h11-15,18,26-27H,9-10H2,1-8H3. The van der Waals surface area contributed by atoms with Crippen molar-refractivity contribution in [2.45, 2.75) is 85.5 Å². The number of rotatable bonds is 5. The van der Waals surface area contributed by atoms with Gasteiger partial charge in [-0.25, -0.2) is 0 Å². The van der Waals surface area contributed by atoms with E-state index in [0.29, 0.717) is 11.5 Å². The lowest BCUT2D eigenvalue weighted by Gasteiger charge is -2.27. The minimum absolute atomic E-state index is 0.115. The third-order valence-electron chi connectivity index (χ3n) is 5.56. The van der Waals surface area contributed by atoms with Crippen molar-refractivity contribution >= 4 is 0 Å². The van der Waals surface area contributed by atoms with E-state index in [1.54, 1.807) is 0 Å². The van der Waals surface area contributed by atoms with Gasteiger partial charge in [-0.2, -0.15) is 0 Å². The highest BCUT2D eigenvalue weighted by molar-refractivity contribution is 5.52. The van der Waals surface area contributed by atoms with Crippen LogP contribution in [0.15, 0.2) is 24.3 Å². The van der Waals surface area contributed by atoms with Crippen molar-refractivity contribution in [3.8, 4) is 11.5 Å². The first kappa shape index (κ1) is 21.3. The Bertz CT molecular complexity index is 810. The molecule has 0 spiro atoms. The number of benzene rings is 2. The van der Waals surface area contributed by atoms with Crippen LogP contribution in [0, 0.1) is 13.8 Å². The van der Waals surface area contributed by atoms with Crippen molar-refractivity contribution in [3.63, 3.8) is 0 Å². The molecule has 0 saturated carbocycles. The molecule has 0 saturated heterocycles. The zero-order chi connectivity index (χ0) is 20.5. The fraction of sp³-hybridized carbons (Fsp3) is 0.520. The molecule has 0 aromatic heterocycles. The molecule has 0 bridgehead atoms. The van der Waals surface area contributed by atoms with E-state index in [4.69, 9.17) is 0 Å². The summed E-state index contributed by atoms with van der Waals surface area (Å²) in [4.78, 5) is 0. The third-order valence-corrected chi connectivity index (χ3v) is 5.56. The normalized spacial score (nSPS) is 13.2. The summed E-state index contributed by atoms with van der Waals surface area (Å²) in [7, 11) is 0. The van der Waals surface area contributed by atoms with Crippen molar-refractivity contribution in [2.24, 2.45) is 0 Å². The minimum Gasteiger partial charge on any atom is -0.508 e. The van der Waals surface area contributed by atoms with Gasteiger partial charge in [0, 0.05) is 5.92 Å². The van der Waals surface area contributed by atoms with E-state index in [1.165, 1.54) is 11.1 Å². The fourth-order valence-electron chi connectivity index (χ4n) is 4.02. The first-order valence-corrected chi connectivity index (χ1v) is 10.1. The molecule has 0 aliphatic carbocycles. The Morgan fingerprint density at radius 1 is 0.815 bits per heavy atom. The molecule has 0 aliphatic heterocycles. The van der Waals surface area contributed by atoms with Crippen molar-refractivity contribution in [1.82, 2.24) is 0 Å². The van der Waals surface area contributed by atoms with Crippen molar-refractivity contribution in [3.05, 3.63) is 57.6 Å². The highest BCUT2D eigenvalue weighted by Gasteiger charge is 2.25. The van der Waals surface area contributed by atoms with E-state index in [2.05, 4.69) is 67.5 Å². The van der Waals surface area contributed by atoms with Crippen LogP contribution >= 0.6 is 0 Å². The molecule has 2 rings (SSSR count). The van der Waals surface area contributed by atoms with Crippen LogP contribution in [0.25, 0.3) is 0 Å². The summed E-state index contributed by atoms with van der Waals surface area (Å²) in [5.74, 6) is 1.30. The van der Waals surface area contributed by atoms with Gasteiger partial charge in [0.2, 0.25) is 0 Å². The largest absolute Gasteiger partial charge is 0.508 e. The molecule has 2 N–H and O–H groups in total. The SMILES string of the molecule is CCCC(c1cc(C(C)C)c(O)cc1C)c1cc(C(C)(C)C)c(O)cc1C. The number of hydrogen-bond donors (Lipinski definition) is 2. The third kappa shape index (κ3) is 4.48. The van der Waals surface area contributed by atoms with Gasteiger partial charge in [0.1, 0.15) is 11.5 Å². The second-order valence-electron chi connectivity index (χ2n) is 9.24. The van der Waals surface area contributed by atoms with Gasteiger partial charge in [0.25, 0.3) is 0 Å². The topological polar surface area (TPSA) is 40.5 Å². The van der Waals surface area contributed by atoms with E-state index >= 15 is 0 Å². The van der Waals surface area contributed by atoms with Gasteiger partial charge < -0.3 is 10.2 Å². The van der Waals surface area contributed by atoms with Gasteiger partial charge in [-0.05, 0) is 77.1 Å². The Kier molecular flexibility index (Phi) is 6.29. The maximum Gasteiger partial charge on any atom is 0.119 e. The van der Waals surface area contributed by atoms with Gasteiger partial charge in [-0.3, -0.25) is 0 Å². The van der Waals surface area contributed by atoms with Gasteiger partial charge >= 0.3 is 0 Å². The van der Waals surface area contributed by atoms with Crippen LogP contribution in [0.4, 0.5) is 0 Å². The quantitative estimate of drug-likeness (QED) is 0.592. The van der Waals surface area contributed by atoms with Gasteiger partial charge in [-0.15, -0.1) is 0 Å². The van der Waals surface area contributed by atoms with Crippen molar-refractivity contribution in [2.75, 3.05) is 0 Å². The van der Waals surface area contributed by atoms with Crippen LogP contribution in [-0.2, 0) is 5.41 Å². The molecular weight excluding hydrogens is 332 g/mol. The predicted molar refractivity (Wildman–Crippen MR) is 115 cm³/mol. The molecule has 0 amide bonds. The van der Waals surface area contributed by atoms with Crippen molar-refractivity contribution in [1.29, 1.82) is 0 Å². The highest BCUT2D eigenvalue weighted by atomic mass is 16.3. The molecular formula is C25H36O2.